The molecule has 156 valence electrons. The molecule has 0 saturated carbocycles. The fourth-order valence-corrected chi connectivity index (χ4v) is 4.05. The number of hydrogen-bond donors (Lipinski definition) is 2. The van der Waals surface area contributed by atoms with E-state index in [0.717, 1.165) is 22.4 Å². The summed E-state index contributed by atoms with van der Waals surface area (Å²) >= 11 is 1.64. The maximum Gasteiger partial charge on any atom is 0.252 e. The van der Waals surface area contributed by atoms with Gasteiger partial charge in [0.2, 0.25) is 5.91 Å². The standard InChI is InChI=1S/C25H28N2O2S/c1-3-4-6-19-8-12-21(13-9-19)24(23-7-5-16-30-23)27-25(29)22-14-10-20(11-15-22)17-26-18(2)28/h5,7-16,24H,3-4,6,17H2,1-2H3,(H,26,28)(H,27,29). The first-order chi connectivity index (χ1) is 14.6. The molecule has 1 unspecified atom stereocenters. The van der Waals surface area contributed by atoms with E-state index in [0.29, 0.717) is 12.1 Å². The zero-order chi connectivity index (χ0) is 21.3. The van der Waals surface area contributed by atoms with Gasteiger partial charge in [-0.3, -0.25) is 9.59 Å². The molecule has 0 fully saturated rings. The first kappa shape index (κ1) is 21.8. The molecule has 3 rings (SSSR count). The van der Waals surface area contributed by atoms with Crippen molar-refractivity contribution in [1.29, 1.82) is 0 Å². The zero-order valence-electron chi connectivity index (χ0n) is 17.5. The van der Waals surface area contributed by atoms with Crippen LogP contribution in [0.3, 0.4) is 0 Å². The number of amides is 2. The third kappa shape index (κ3) is 6.04. The minimum absolute atomic E-state index is 0.0729. The molecule has 0 radical (unpaired) electrons. The van der Waals surface area contributed by atoms with E-state index in [9.17, 15) is 9.59 Å². The van der Waals surface area contributed by atoms with Gasteiger partial charge >= 0.3 is 0 Å². The van der Waals surface area contributed by atoms with Gasteiger partial charge in [0, 0.05) is 23.9 Å². The lowest BCUT2D eigenvalue weighted by Crippen LogP contribution is -2.28. The van der Waals surface area contributed by atoms with Crippen LogP contribution in [0.25, 0.3) is 0 Å². The molecule has 1 atom stereocenters. The average Bonchev–Trinajstić information content (AvgIpc) is 3.30. The summed E-state index contributed by atoms with van der Waals surface area (Å²) in [6.07, 6.45) is 3.44. The van der Waals surface area contributed by atoms with E-state index < -0.39 is 0 Å². The summed E-state index contributed by atoms with van der Waals surface area (Å²) in [7, 11) is 0. The smallest absolute Gasteiger partial charge is 0.252 e. The summed E-state index contributed by atoms with van der Waals surface area (Å²) in [6, 6.07) is 19.8. The fraction of sp³-hybridized carbons (Fsp3) is 0.280. The van der Waals surface area contributed by atoms with Gasteiger partial charge in [0.15, 0.2) is 0 Å². The molecule has 30 heavy (non-hydrogen) atoms. The zero-order valence-corrected chi connectivity index (χ0v) is 18.3. The van der Waals surface area contributed by atoms with Gasteiger partial charge in [-0.15, -0.1) is 11.3 Å². The fourth-order valence-electron chi connectivity index (χ4n) is 3.25. The quantitative estimate of drug-likeness (QED) is 0.497. The third-order valence-corrected chi connectivity index (χ3v) is 5.93. The number of hydrogen-bond acceptors (Lipinski definition) is 3. The predicted octanol–water partition coefficient (Wildman–Crippen LogP) is 5.25. The van der Waals surface area contributed by atoms with Gasteiger partial charge in [0.1, 0.15) is 0 Å². The molecule has 4 nitrogen and oxygen atoms in total. The topological polar surface area (TPSA) is 58.2 Å². The Morgan fingerprint density at radius 1 is 0.967 bits per heavy atom. The molecule has 1 aromatic heterocycles. The molecule has 0 bridgehead atoms. The number of carbonyl (C=O) groups is 2. The van der Waals surface area contributed by atoms with Crippen LogP contribution in [0.5, 0.6) is 0 Å². The second-order valence-corrected chi connectivity index (χ2v) is 8.35. The van der Waals surface area contributed by atoms with Gasteiger partial charge in [0.25, 0.3) is 5.91 Å². The molecule has 0 aliphatic rings. The summed E-state index contributed by atoms with van der Waals surface area (Å²) in [5, 5.41) is 7.98. The Bertz CT molecular complexity index is 948. The molecule has 2 aromatic carbocycles. The Morgan fingerprint density at radius 2 is 1.67 bits per heavy atom. The molecule has 2 N–H and O–H groups in total. The highest BCUT2D eigenvalue weighted by atomic mass is 32.1. The largest absolute Gasteiger partial charge is 0.352 e. The number of rotatable bonds is 9. The van der Waals surface area contributed by atoms with Crippen LogP contribution in [-0.4, -0.2) is 11.8 Å². The van der Waals surface area contributed by atoms with Crippen LogP contribution in [-0.2, 0) is 17.8 Å². The molecular formula is C25H28N2O2S. The molecular weight excluding hydrogens is 392 g/mol. The van der Waals surface area contributed by atoms with Crippen molar-refractivity contribution in [2.75, 3.05) is 0 Å². The van der Waals surface area contributed by atoms with Gasteiger partial charge in [-0.1, -0.05) is 55.8 Å². The van der Waals surface area contributed by atoms with E-state index in [1.807, 2.05) is 23.6 Å². The van der Waals surface area contributed by atoms with Crippen molar-refractivity contribution in [2.45, 2.75) is 45.7 Å². The summed E-state index contributed by atoms with van der Waals surface area (Å²) in [5.41, 5.74) is 3.96. The molecule has 0 saturated heterocycles. The highest BCUT2D eigenvalue weighted by molar-refractivity contribution is 7.10. The van der Waals surface area contributed by atoms with Gasteiger partial charge in [0.05, 0.1) is 6.04 Å². The summed E-state index contributed by atoms with van der Waals surface area (Å²) < 4.78 is 0. The minimum Gasteiger partial charge on any atom is -0.352 e. The van der Waals surface area contributed by atoms with Gasteiger partial charge < -0.3 is 10.6 Å². The molecule has 0 aliphatic heterocycles. The van der Waals surface area contributed by atoms with Crippen molar-refractivity contribution < 1.29 is 9.59 Å². The normalized spacial score (nSPS) is 11.7. The lowest BCUT2D eigenvalue weighted by atomic mass is 10.0. The van der Waals surface area contributed by atoms with E-state index >= 15 is 0 Å². The van der Waals surface area contributed by atoms with Crippen LogP contribution in [0.15, 0.2) is 66.0 Å². The molecule has 0 aliphatic carbocycles. The van der Waals surface area contributed by atoms with Crippen LogP contribution in [0.1, 0.15) is 64.7 Å². The Kier molecular flexibility index (Phi) is 7.80. The maximum atomic E-state index is 12.9. The van der Waals surface area contributed by atoms with Crippen molar-refractivity contribution in [3.63, 3.8) is 0 Å². The van der Waals surface area contributed by atoms with Crippen LogP contribution < -0.4 is 10.6 Å². The monoisotopic (exact) mass is 420 g/mol. The second kappa shape index (κ2) is 10.7. The predicted molar refractivity (Wildman–Crippen MR) is 123 cm³/mol. The average molecular weight is 421 g/mol. The number of carbonyl (C=O) groups excluding carboxylic acids is 2. The molecule has 1 heterocycles. The maximum absolute atomic E-state index is 12.9. The highest BCUT2D eigenvalue weighted by Gasteiger charge is 2.19. The van der Waals surface area contributed by atoms with Crippen LogP contribution in [0.2, 0.25) is 0 Å². The van der Waals surface area contributed by atoms with E-state index in [1.165, 1.54) is 25.3 Å². The van der Waals surface area contributed by atoms with E-state index in [1.54, 1.807) is 23.5 Å². The molecule has 3 aromatic rings. The lowest BCUT2D eigenvalue weighted by Gasteiger charge is -2.19. The SMILES string of the molecule is CCCCc1ccc(C(NC(=O)c2ccc(CNC(C)=O)cc2)c2cccs2)cc1. The first-order valence-corrected chi connectivity index (χ1v) is 11.2. The second-order valence-electron chi connectivity index (χ2n) is 7.37. The van der Waals surface area contributed by atoms with Crippen LogP contribution in [0, 0.1) is 0 Å². The van der Waals surface area contributed by atoms with Crippen LogP contribution >= 0.6 is 11.3 Å². The van der Waals surface area contributed by atoms with Crippen molar-refractivity contribution >= 4 is 23.2 Å². The lowest BCUT2D eigenvalue weighted by molar-refractivity contribution is -0.119. The molecule has 5 heteroatoms. The van der Waals surface area contributed by atoms with Gasteiger partial charge in [-0.25, -0.2) is 0 Å². The third-order valence-electron chi connectivity index (χ3n) is 4.99. The Labute approximate surface area is 182 Å². The Morgan fingerprint density at radius 3 is 2.27 bits per heavy atom. The molecule has 2 amide bonds. The number of unbranched alkanes of at least 4 members (excludes halogenated alkanes) is 1. The van der Waals surface area contributed by atoms with Crippen molar-refractivity contribution in [3.8, 4) is 0 Å². The summed E-state index contributed by atoms with van der Waals surface area (Å²) in [6.45, 7) is 4.14. The molecule has 0 spiro atoms. The van der Waals surface area contributed by atoms with E-state index in [4.69, 9.17) is 0 Å². The first-order valence-electron chi connectivity index (χ1n) is 10.3. The van der Waals surface area contributed by atoms with E-state index in [2.05, 4.69) is 47.9 Å². The summed E-state index contributed by atoms with van der Waals surface area (Å²) in [4.78, 5) is 25.1. The van der Waals surface area contributed by atoms with Crippen LogP contribution in [0.4, 0.5) is 0 Å². The number of aryl methyl sites for hydroxylation is 1. The highest BCUT2D eigenvalue weighted by Crippen LogP contribution is 2.27. The Hall–Kier alpha value is -2.92. The van der Waals surface area contributed by atoms with Crippen molar-refractivity contribution in [3.05, 3.63) is 93.2 Å². The Balaban J connectivity index is 1.74. The van der Waals surface area contributed by atoms with Crippen molar-refractivity contribution in [2.24, 2.45) is 0 Å². The number of benzene rings is 2. The number of nitrogens with one attached hydrogen (secondary N) is 2. The van der Waals surface area contributed by atoms with Gasteiger partial charge in [-0.05, 0) is 53.1 Å². The minimum atomic E-state index is -0.184. The van der Waals surface area contributed by atoms with Crippen molar-refractivity contribution in [1.82, 2.24) is 10.6 Å². The van der Waals surface area contributed by atoms with E-state index in [-0.39, 0.29) is 17.9 Å². The number of thiophene rings is 1. The van der Waals surface area contributed by atoms with Gasteiger partial charge in [-0.2, -0.15) is 0 Å². The summed E-state index contributed by atoms with van der Waals surface area (Å²) in [5.74, 6) is -0.189.